The van der Waals surface area contributed by atoms with Crippen molar-refractivity contribution in [1.82, 2.24) is 0 Å². The Bertz CT molecular complexity index is 159. The van der Waals surface area contributed by atoms with E-state index in [1.54, 1.807) is 0 Å². The molecular weight excluding hydrogens is 187 g/mol. The van der Waals surface area contributed by atoms with E-state index in [4.69, 9.17) is 9.63 Å². The normalized spacial score (nSPS) is 15.6. The van der Waals surface area contributed by atoms with Crippen LogP contribution in [0, 0.1) is 0 Å². The second-order valence-corrected chi connectivity index (χ2v) is 5.84. The molecule has 0 aromatic carbocycles. The first-order valence-corrected chi connectivity index (χ1v) is 7.01. The lowest BCUT2D eigenvalue weighted by Crippen LogP contribution is -2.01. The molecule has 0 aliphatic carbocycles. The highest BCUT2D eigenvalue weighted by atomic mass is 31.2. The Labute approximate surface area is 80.9 Å². The van der Waals surface area contributed by atoms with Crippen LogP contribution in [0.3, 0.4) is 0 Å². The summed E-state index contributed by atoms with van der Waals surface area (Å²) in [6.07, 6.45) is 4.00. The highest BCUT2D eigenvalue weighted by molar-refractivity contribution is 7.58. The Morgan fingerprint density at radius 2 is 1.85 bits per heavy atom. The van der Waals surface area contributed by atoms with E-state index < -0.39 is 7.37 Å². The Hall–Kier alpha value is 0.150. The van der Waals surface area contributed by atoms with Gasteiger partial charge < -0.3 is 9.63 Å². The predicted octanol–water partition coefficient (Wildman–Crippen LogP) is 2.83. The lowest BCUT2D eigenvalue weighted by molar-refractivity contribution is 0.268. The maximum atomic E-state index is 11.7. The van der Waals surface area contributed by atoms with Crippen molar-refractivity contribution in [2.45, 2.75) is 39.5 Å². The molecule has 0 saturated carbocycles. The molecule has 13 heavy (non-hydrogen) atoms. The Balaban J connectivity index is 3.75. The number of hydrogen-bond acceptors (Lipinski definition) is 3. The minimum Gasteiger partial charge on any atom is -0.386 e. The monoisotopic (exact) mass is 208 g/mol. The molecule has 0 aliphatic heterocycles. The van der Waals surface area contributed by atoms with Crippen molar-refractivity contribution in [3.8, 4) is 0 Å². The van der Waals surface area contributed by atoms with E-state index in [0.717, 1.165) is 25.7 Å². The van der Waals surface area contributed by atoms with Crippen LogP contribution in [-0.4, -0.2) is 24.2 Å². The fourth-order valence-corrected chi connectivity index (χ4v) is 2.56. The minimum absolute atomic E-state index is 0.309. The van der Waals surface area contributed by atoms with Gasteiger partial charge in [0, 0.05) is 6.16 Å². The number of unbranched alkanes of at least 4 members (excludes halogenated alkanes) is 2. The van der Waals surface area contributed by atoms with E-state index in [9.17, 15) is 4.57 Å². The summed E-state index contributed by atoms with van der Waals surface area (Å²) >= 11 is 0. The first-order valence-electron chi connectivity index (χ1n) is 5.02. The zero-order valence-electron chi connectivity index (χ0n) is 8.66. The summed E-state index contributed by atoms with van der Waals surface area (Å²) in [4.78, 5) is 0. The van der Waals surface area contributed by atoms with Crippen molar-refractivity contribution in [1.29, 1.82) is 0 Å². The predicted molar refractivity (Wildman–Crippen MR) is 55.3 cm³/mol. The average molecular weight is 208 g/mol. The second kappa shape index (κ2) is 7.54. The molecule has 0 saturated heterocycles. The molecule has 0 radical (unpaired) electrons. The largest absolute Gasteiger partial charge is 0.386 e. The van der Waals surface area contributed by atoms with Crippen LogP contribution in [0.2, 0.25) is 0 Å². The first-order chi connectivity index (χ1) is 6.18. The molecule has 0 amide bonds. The van der Waals surface area contributed by atoms with Gasteiger partial charge in [0.15, 0.2) is 0 Å². The SMILES string of the molecule is CCCCOP(=O)(CO)CCCC. The smallest absolute Gasteiger partial charge is 0.227 e. The quantitative estimate of drug-likeness (QED) is 0.493. The molecule has 0 fully saturated rings. The van der Waals surface area contributed by atoms with Crippen molar-refractivity contribution in [3.63, 3.8) is 0 Å². The highest BCUT2D eigenvalue weighted by Crippen LogP contribution is 2.46. The van der Waals surface area contributed by atoms with Crippen LogP contribution in [-0.2, 0) is 9.09 Å². The summed E-state index contributed by atoms with van der Waals surface area (Å²) in [7, 11) is -2.69. The molecule has 0 spiro atoms. The fourth-order valence-electron chi connectivity index (χ4n) is 0.950. The van der Waals surface area contributed by atoms with Gasteiger partial charge in [-0.2, -0.15) is 0 Å². The van der Waals surface area contributed by atoms with Gasteiger partial charge in [-0.05, 0) is 12.8 Å². The first kappa shape index (κ1) is 13.2. The fraction of sp³-hybridized carbons (Fsp3) is 1.00. The van der Waals surface area contributed by atoms with Crippen LogP contribution < -0.4 is 0 Å². The molecule has 0 aromatic heterocycles. The summed E-state index contributed by atoms with van der Waals surface area (Å²) in [5, 5.41) is 8.92. The molecule has 80 valence electrons. The third kappa shape index (κ3) is 6.25. The Morgan fingerprint density at radius 3 is 2.31 bits per heavy atom. The van der Waals surface area contributed by atoms with Crippen molar-refractivity contribution in [2.24, 2.45) is 0 Å². The summed E-state index contributed by atoms with van der Waals surface area (Å²) < 4.78 is 17.0. The van der Waals surface area contributed by atoms with Gasteiger partial charge in [-0.1, -0.05) is 26.7 Å². The van der Waals surface area contributed by atoms with Crippen molar-refractivity contribution >= 4 is 7.37 Å². The number of hydrogen-bond donors (Lipinski definition) is 1. The number of rotatable bonds is 8. The van der Waals surface area contributed by atoms with Gasteiger partial charge in [0.05, 0.1) is 6.61 Å². The topological polar surface area (TPSA) is 46.5 Å². The van der Waals surface area contributed by atoms with E-state index in [-0.39, 0.29) is 6.35 Å². The molecule has 1 atom stereocenters. The molecule has 1 N–H and O–H groups in total. The van der Waals surface area contributed by atoms with Crippen LogP contribution in [0.25, 0.3) is 0 Å². The Morgan fingerprint density at radius 1 is 1.23 bits per heavy atom. The van der Waals surface area contributed by atoms with Gasteiger partial charge in [-0.3, -0.25) is 4.57 Å². The molecule has 0 bridgehead atoms. The maximum Gasteiger partial charge on any atom is 0.227 e. The van der Waals surface area contributed by atoms with Crippen molar-refractivity contribution < 1.29 is 14.2 Å². The molecular formula is C9H21O3P. The zero-order chi connectivity index (χ0) is 10.2. The summed E-state index contributed by atoms with van der Waals surface area (Å²) in [6, 6.07) is 0. The highest BCUT2D eigenvalue weighted by Gasteiger charge is 2.20. The lowest BCUT2D eigenvalue weighted by atomic mass is 10.4. The van der Waals surface area contributed by atoms with E-state index in [2.05, 4.69) is 6.92 Å². The van der Waals surface area contributed by atoms with Crippen LogP contribution >= 0.6 is 7.37 Å². The number of aliphatic hydroxyl groups is 1. The van der Waals surface area contributed by atoms with Gasteiger partial charge >= 0.3 is 0 Å². The zero-order valence-corrected chi connectivity index (χ0v) is 9.56. The molecule has 0 aromatic rings. The van der Waals surface area contributed by atoms with Gasteiger partial charge in [0.2, 0.25) is 7.37 Å². The minimum atomic E-state index is -2.69. The van der Waals surface area contributed by atoms with Crippen molar-refractivity contribution in [3.05, 3.63) is 0 Å². The summed E-state index contributed by atoms with van der Waals surface area (Å²) in [6.45, 7) is 4.60. The Kier molecular flexibility index (Phi) is 7.63. The molecule has 1 unspecified atom stereocenters. The van der Waals surface area contributed by atoms with Gasteiger partial charge in [-0.15, -0.1) is 0 Å². The lowest BCUT2D eigenvalue weighted by Gasteiger charge is -2.15. The van der Waals surface area contributed by atoms with Crippen LogP contribution in [0.15, 0.2) is 0 Å². The van der Waals surface area contributed by atoms with Crippen LogP contribution in [0.4, 0.5) is 0 Å². The van der Waals surface area contributed by atoms with Gasteiger partial charge in [-0.25, -0.2) is 0 Å². The van der Waals surface area contributed by atoms with Gasteiger partial charge in [0.25, 0.3) is 0 Å². The standard InChI is InChI=1S/C9H21O3P/c1-3-5-7-12-13(11,9-10)8-6-4-2/h10H,3-9H2,1-2H3. The van der Waals surface area contributed by atoms with Gasteiger partial charge in [0.1, 0.15) is 6.35 Å². The number of aliphatic hydroxyl groups excluding tert-OH is 1. The molecule has 3 nitrogen and oxygen atoms in total. The summed E-state index contributed by atoms with van der Waals surface area (Å²) in [5.41, 5.74) is 0. The molecule has 0 heterocycles. The molecule has 0 aliphatic rings. The third-order valence-corrected chi connectivity index (χ3v) is 3.97. The van der Waals surface area contributed by atoms with E-state index >= 15 is 0 Å². The maximum absolute atomic E-state index is 11.7. The van der Waals surface area contributed by atoms with Crippen LogP contribution in [0.5, 0.6) is 0 Å². The van der Waals surface area contributed by atoms with Crippen LogP contribution in [0.1, 0.15) is 39.5 Å². The molecule has 0 rings (SSSR count). The second-order valence-electron chi connectivity index (χ2n) is 3.22. The van der Waals surface area contributed by atoms with E-state index in [1.807, 2.05) is 6.92 Å². The third-order valence-electron chi connectivity index (χ3n) is 1.89. The van der Waals surface area contributed by atoms with E-state index in [1.165, 1.54) is 0 Å². The van der Waals surface area contributed by atoms with E-state index in [0.29, 0.717) is 12.8 Å². The summed E-state index contributed by atoms with van der Waals surface area (Å²) in [5.74, 6) is 0. The molecule has 4 heteroatoms. The average Bonchev–Trinajstić information content (AvgIpc) is 2.15. The van der Waals surface area contributed by atoms with Crippen molar-refractivity contribution in [2.75, 3.05) is 19.1 Å².